The fourth-order valence-corrected chi connectivity index (χ4v) is 4.63. The van der Waals surface area contributed by atoms with Gasteiger partial charge < -0.3 is 16.0 Å². The van der Waals surface area contributed by atoms with E-state index < -0.39 is 35.4 Å². The zero-order chi connectivity index (χ0) is 27.2. The van der Waals surface area contributed by atoms with Crippen molar-refractivity contribution in [3.63, 3.8) is 0 Å². The molecule has 0 bridgehead atoms. The number of anilines is 1. The normalized spacial score (nSPS) is 17.7. The largest absolute Gasteiger partial charge is 0.418 e. The molecule has 13 heteroatoms. The lowest BCUT2D eigenvalue weighted by atomic mass is 10.1. The quantitative estimate of drug-likeness (QED) is 0.372. The van der Waals surface area contributed by atoms with Crippen molar-refractivity contribution < 1.29 is 27.2 Å². The molecule has 1 saturated heterocycles. The monoisotopic (exact) mass is 546 g/mol. The smallest absolute Gasteiger partial charge is 0.382 e. The summed E-state index contributed by atoms with van der Waals surface area (Å²) in [5, 5.41) is 6.45. The number of aromatic nitrogens is 3. The van der Waals surface area contributed by atoms with E-state index in [-0.39, 0.29) is 46.7 Å². The van der Waals surface area contributed by atoms with E-state index in [1.807, 2.05) is 0 Å². The van der Waals surface area contributed by atoms with E-state index in [4.69, 9.17) is 17.3 Å². The number of hydrogen-bond donors (Lipinski definition) is 2. The number of benzene rings is 2. The molecule has 1 fully saturated rings. The third kappa shape index (κ3) is 4.62. The first-order valence-electron chi connectivity index (χ1n) is 11.3. The van der Waals surface area contributed by atoms with E-state index in [1.165, 1.54) is 23.1 Å². The number of likely N-dealkylation sites (tertiary alicyclic amines) is 1. The van der Waals surface area contributed by atoms with Gasteiger partial charge in [-0.25, -0.2) is 13.9 Å². The van der Waals surface area contributed by atoms with E-state index in [0.717, 1.165) is 16.9 Å². The Labute approximate surface area is 218 Å². The van der Waals surface area contributed by atoms with Crippen LogP contribution in [0, 0.1) is 0 Å². The summed E-state index contributed by atoms with van der Waals surface area (Å²) in [5.74, 6) is -1.48. The SMILES string of the molecule is Nc1ncnn2c(-c3ccc(Cl)c(C(=O)N[C@@H]4CN(C(=O)c5ccccc5)C[C@@H]4F)c3)cc(C(F)(F)F)c12. The molecule has 8 nitrogen and oxygen atoms in total. The highest BCUT2D eigenvalue weighted by molar-refractivity contribution is 6.34. The molecule has 1 aliphatic heterocycles. The average Bonchev–Trinajstić information content (AvgIpc) is 3.46. The van der Waals surface area contributed by atoms with Gasteiger partial charge >= 0.3 is 6.18 Å². The first kappa shape index (κ1) is 25.5. The van der Waals surface area contributed by atoms with Crippen LogP contribution >= 0.6 is 11.6 Å². The number of nitrogens with one attached hydrogen (secondary N) is 1. The van der Waals surface area contributed by atoms with E-state index in [0.29, 0.717) is 5.56 Å². The summed E-state index contributed by atoms with van der Waals surface area (Å²) in [6.45, 7) is -0.267. The highest BCUT2D eigenvalue weighted by Gasteiger charge is 2.38. The van der Waals surface area contributed by atoms with E-state index in [2.05, 4.69) is 15.4 Å². The second kappa shape index (κ2) is 9.60. The van der Waals surface area contributed by atoms with Gasteiger partial charge in [-0.05, 0) is 30.3 Å². The summed E-state index contributed by atoms with van der Waals surface area (Å²) >= 11 is 6.23. The molecule has 1 aliphatic rings. The molecule has 2 atom stereocenters. The van der Waals surface area contributed by atoms with Gasteiger partial charge in [-0.15, -0.1) is 0 Å². The lowest BCUT2D eigenvalue weighted by molar-refractivity contribution is -0.136. The molecule has 2 aromatic heterocycles. The predicted molar refractivity (Wildman–Crippen MR) is 131 cm³/mol. The molecule has 38 heavy (non-hydrogen) atoms. The molecule has 196 valence electrons. The van der Waals surface area contributed by atoms with E-state index in [1.54, 1.807) is 30.3 Å². The Balaban J connectivity index is 1.42. The molecule has 0 saturated carbocycles. The van der Waals surface area contributed by atoms with E-state index >= 15 is 0 Å². The maximum Gasteiger partial charge on any atom is 0.418 e. The van der Waals surface area contributed by atoms with Crippen LogP contribution in [0.25, 0.3) is 16.8 Å². The Morgan fingerprint density at radius 1 is 1.08 bits per heavy atom. The number of amides is 2. The second-order valence-corrected chi connectivity index (χ2v) is 9.12. The number of nitrogens with zero attached hydrogens (tertiary/aromatic N) is 4. The standard InChI is InChI=1S/C25H19ClF4N6O2/c26-17-7-6-14(20-9-16(25(28,29)30)21-22(31)32-12-33-36(20)21)8-15(17)23(37)34-19-11-35(10-18(19)27)24(38)13-4-2-1-3-5-13/h1-9,12,18-19H,10-11H2,(H,34,37)(H2,31,32,33)/t18-,19+/m0/s1. The topological polar surface area (TPSA) is 106 Å². The molecular weight excluding hydrogens is 528 g/mol. The molecule has 0 spiro atoms. The second-order valence-electron chi connectivity index (χ2n) is 8.71. The molecule has 3 heterocycles. The fourth-order valence-electron chi connectivity index (χ4n) is 4.42. The first-order chi connectivity index (χ1) is 18.0. The van der Waals surface area contributed by atoms with Gasteiger partial charge in [0.05, 0.1) is 34.4 Å². The number of hydrogen-bond acceptors (Lipinski definition) is 5. The van der Waals surface area contributed by atoms with Crippen LogP contribution in [-0.2, 0) is 6.18 Å². The molecule has 0 unspecified atom stereocenters. The highest BCUT2D eigenvalue weighted by Crippen LogP contribution is 2.39. The Morgan fingerprint density at radius 3 is 2.53 bits per heavy atom. The van der Waals surface area contributed by atoms with Crippen LogP contribution in [-0.4, -0.2) is 56.6 Å². The zero-order valence-electron chi connectivity index (χ0n) is 19.4. The number of halogens is 5. The maximum atomic E-state index is 14.8. The number of fused-ring (bicyclic) bond motifs is 1. The van der Waals surface area contributed by atoms with Gasteiger partial charge in [0, 0.05) is 17.7 Å². The van der Waals surface area contributed by atoms with Crippen molar-refractivity contribution in [3.8, 4) is 11.3 Å². The summed E-state index contributed by atoms with van der Waals surface area (Å²) in [6.07, 6.45) is -5.26. The van der Waals surface area contributed by atoms with Crippen LogP contribution < -0.4 is 11.1 Å². The summed E-state index contributed by atoms with van der Waals surface area (Å²) in [4.78, 5) is 30.7. The first-order valence-corrected chi connectivity index (χ1v) is 11.7. The summed E-state index contributed by atoms with van der Waals surface area (Å²) < 4.78 is 56.8. The molecule has 4 aromatic rings. The van der Waals surface area contributed by atoms with Crippen LogP contribution in [0.4, 0.5) is 23.4 Å². The van der Waals surface area contributed by atoms with Crippen LogP contribution in [0.15, 0.2) is 60.9 Å². The van der Waals surface area contributed by atoms with Gasteiger partial charge in [-0.1, -0.05) is 35.9 Å². The number of carbonyl (C=O) groups is 2. The van der Waals surface area contributed by atoms with Crippen molar-refractivity contribution in [1.82, 2.24) is 24.8 Å². The molecule has 5 rings (SSSR count). The van der Waals surface area contributed by atoms with E-state index in [9.17, 15) is 27.2 Å². The molecule has 0 radical (unpaired) electrons. The average molecular weight is 547 g/mol. The third-order valence-corrected chi connectivity index (χ3v) is 6.60. The van der Waals surface area contributed by atoms with Gasteiger partial charge in [0.2, 0.25) is 0 Å². The lowest BCUT2D eigenvalue weighted by Gasteiger charge is -2.17. The Morgan fingerprint density at radius 2 is 1.82 bits per heavy atom. The van der Waals surface area contributed by atoms with Crippen LogP contribution in [0.5, 0.6) is 0 Å². The fraction of sp³-hybridized carbons (Fsp3) is 0.200. The molecule has 2 aromatic carbocycles. The molecule has 3 N–H and O–H groups in total. The molecule has 0 aliphatic carbocycles. The van der Waals surface area contributed by atoms with Gasteiger partial charge in [0.25, 0.3) is 11.8 Å². The van der Waals surface area contributed by atoms with Crippen molar-refractivity contribution in [1.29, 1.82) is 0 Å². The number of rotatable bonds is 4. The Kier molecular flexibility index (Phi) is 6.43. The minimum atomic E-state index is -4.74. The number of nitrogen functional groups attached to an aromatic ring is 1. The lowest BCUT2D eigenvalue weighted by Crippen LogP contribution is -2.41. The summed E-state index contributed by atoms with van der Waals surface area (Å²) in [6, 6.07) is 12.3. The zero-order valence-corrected chi connectivity index (χ0v) is 20.2. The highest BCUT2D eigenvalue weighted by atomic mass is 35.5. The minimum absolute atomic E-state index is 0.00270. The number of alkyl halides is 4. The molecule has 2 amide bonds. The van der Waals surface area contributed by atoms with Crippen LogP contribution in [0.1, 0.15) is 26.3 Å². The van der Waals surface area contributed by atoms with Crippen molar-refractivity contribution in [2.24, 2.45) is 0 Å². The van der Waals surface area contributed by atoms with Gasteiger partial charge in [0.1, 0.15) is 18.0 Å². The maximum absolute atomic E-state index is 14.8. The van der Waals surface area contributed by atoms with Gasteiger partial charge in [-0.3, -0.25) is 9.59 Å². The van der Waals surface area contributed by atoms with Crippen molar-refractivity contribution in [2.45, 2.75) is 18.4 Å². The van der Waals surface area contributed by atoms with Crippen LogP contribution in [0.2, 0.25) is 5.02 Å². The number of nitrogens with two attached hydrogens (primary N) is 1. The van der Waals surface area contributed by atoms with Gasteiger partial charge in [0.15, 0.2) is 5.82 Å². The van der Waals surface area contributed by atoms with Crippen molar-refractivity contribution >= 4 is 34.7 Å². The minimum Gasteiger partial charge on any atom is -0.382 e. The Hall–Kier alpha value is -4.19. The Bertz CT molecular complexity index is 1540. The predicted octanol–water partition coefficient (Wildman–Crippen LogP) is 4.24. The number of carbonyl (C=O) groups excluding carboxylic acids is 2. The van der Waals surface area contributed by atoms with Gasteiger partial charge in [-0.2, -0.15) is 18.3 Å². The summed E-state index contributed by atoms with van der Waals surface area (Å²) in [5.41, 5.74) is 4.72. The van der Waals surface area contributed by atoms with Crippen LogP contribution in [0.3, 0.4) is 0 Å². The van der Waals surface area contributed by atoms with Crippen molar-refractivity contribution in [2.75, 3.05) is 18.8 Å². The van der Waals surface area contributed by atoms with Crippen molar-refractivity contribution in [3.05, 3.63) is 82.6 Å². The summed E-state index contributed by atoms with van der Waals surface area (Å²) in [7, 11) is 0. The third-order valence-electron chi connectivity index (χ3n) is 6.27. The molecular formula is C25H19ClF4N6O2.